The van der Waals surface area contributed by atoms with E-state index < -0.39 is 0 Å². The van der Waals surface area contributed by atoms with Crippen LogP contribution in [-0.2, 0) is 13.1 Å². The van der Waals surface area contributed by atoms with Gasteiger partial charge in [-0.3, -0.25) is 9.36 Å². The number of aryl methyl sites for hydroxylation is 1. The van der Waals surface area contributed by atoms with Gasteiger partial charge in [0, 0.05) is 18.5 Å². The Bertz CT molecular complexity index is 1380. The first kappa shape index (κ1) is 19.3. The summed E-state index contributed by atoms with van der Waals surface area (Å²) in [6.07, 6.45) is 3.31. The Morgan fingerprint density at radius 1 is 1.03 bits per heavy atom. The first-order valence-corrected chi connectivity index (χ1v) is 9.50. The molecule has 0 radical (unpaired) electrons. The molecule has 7 heteroatoms. The molecule has 150 valence electrons. The van der Waals surface area contributed by atoms with Gasteiger partial charge >= 0.3 is 0 Å². The van der Waals surface area contributed by atoms with Crippen molar-refractivity contribution in [2.75, 3.05) is 0 Å². The van der Waals surface area contributed by atoms with Gasteiger partial charge in [-0.1, -0.05) is 35.9 Å². The van der Waals surface area contributed by atoms with E-state index in [1.165, 1.54) is 4.57 Å². The Hall–Kier alpha value is -4.00. The van der Waals surface area contributed by atoms with Crippen molar-refractivity contribution in [3.05, 3.63) is 83.7 Å². The molecule has 2 heterocycles. The number of hydrogen-bond acceptors (Lipinski definition) is 5. The van der Waals surface area contributed by atoms with E-state index in [4.69, 9.17) is 0 Å². The van der Waals surface area contributed by atoms with Crippen LogP contribution in [0.25, 0.3) is 21.8 Å². The van der Waals surface area contributed by atoms with Gasteiger partial charge in [-0.15, -0.1) is 23.4 Å². The second kappa shape index (κ2) is 7.79. The fourth-order valence-electron chi connectivity index (χ4n) is 3.47. The summed E-state index contributed by atoms with van der Waals surface area (Å²) in [6.45, 7) is 10.1. The van der Waals surface area contributed by atoms with Crippen molar-refractivity contribution in [1.29, 1.82) is 0 Å². The summed E-state index contributed by atoms with van der Waals surface area (Å²) >= 11 is 0. The molecule has 1 N–H and O–H groups in total. The van der Waals surface area contributed by atoms with E-state index in [0.717, 1.165) is 16.5 Å². The lowest BCUT2D eigenvalue weighted by atomic mass is 10.1. The maximum Gasteiger partial charge on any atom is 0.263 e. The molecule has 2 aromatic carbocycles. The van der Waals surface area contributed by atoms with Crippen LogP contribution < -0.4 is 5.56 Å². The number of aromatic hydroxyl groups is 1. The lowest BCUT2D eigenvalue weighted by Gasteiger charge is -2.07. The molecular weight excluding hydrogens is 378 g/mol. The second-order valence-corrected chi connectivity index (χ2v) is 6.93. The molecule has 4 aromatic rings. The molecule has 7 nitrogen and oxygen atoms in total. The average Bonchev–Trinajstić information content (AvgIpc) is 2.99. The Labute approximate surface area is 172 Å². The molecule has 0 amide bonds. The van der Waals surface area contributed by atoms with Crippen LogP contribution in [0, 0.1) is 6.92 Å². The number of azo groups is 1. The molecular formula is C23H21N5O2. The minimum Gasteiger partial charge on any atom is -0.493 e. The lowest BCUT2D eigenvalue weighted by Crippen LogP contribution is -2.20. The maximum absolute atomic E-state index is 12.9. The van der Waals surface area contributed by atoms with E-state index in [0.29, 0.717) is 23.1 Å². The van der Waals surface area contributed by atoms with Gasteiger partial charge in [-0.25, -0.2) is 4.98 Å². The fourth-order valence-corrected chi connectivity index (χ4v) is 3.47. The number of nitrogens with zero attached hydrogens (tertiary/aromatic N) is 5. The third-order valence-electron chi connectivity index (χ3n) is 4.87. The predicted octanol–water partition coefficient (Wildman–Crippen LogP) is 5.15. The minimum atomic E-state index is -0.219. The van der Waals surface area contributed by atoms with Crippen LogP contribution in [0.1, 0.15) is 5.56 Å². The molecule has 0 bridgehead atoms. The highest BCUT2D eigenvalue weighted by Gasteiger charge is 2.17. The van der Waals surface area contributed by atoms with Gasteiger partial charge < -0.3 is 9.67 Å². The van der Waals surface area contributed by atoms with Crippen molar-refractivity contribution in [3.63, 3.8) is 0 Å². The molecule has 0 unspecified atom stereocenters. The molecule has 0 fully saturated rings. The van der Waals surface area contributed by atoms with E-state index in [2.05, 4.69) is 28.4 Å². The molecule has 0 aliphatic rings. The van der Waals surface area contributed by atoms with Crippen molar-refractivity contribution < 1.29 is 5.11 Å². The summed E-state index contributed by atoms with van der Waals surface area (Å²) in [6, 6.07) is 12.9. The molecule has 0 spiro atoms. The van der Waals surface area contributed by atoms with Gasteiger partial charge in [0.25, 0.3) is 11.5 Å². The zero-order valence-corrected chi connectivity index (χ0v) is 16.6. The van der Waals surface area contributed by atoms with Crippen molar-refractivity contribution in [1.82, 2.24) is 14.1 Å². The smallest absolute Gasteiger partial charge is 0.263 e. The third kappa shape index (κ3) is 3.20. The van der Waals surface area contributed by atoms with Gasteiger partial charge in [0.15, 0.2) is 5.69 Å². The number of hydrogen-bond donors (Lipinski definition) is 1. The Balaban J connectivity index is 1.92. The first-order chi connectivity index (χ1) is 14.5. The van der Waals surface area contributed by atoms with Gasteiger partial charge in [0.1, 0.15) is 0 Å². The summed E-state index contributed by atoms with van der Waals surface area (Å²) in [5.41, 5.74) is 2.49. The van der Waals surface area contributed by atoms with E-state index in [1.807, 2.05) is 31.2 Å². The molecule has 0 aliphatic carbocycles. The number of rotatable bonds is 6. The summed E-state index contributed by atoms with van der Waals surface area (Å²) in [5.74, 6) is 0.132. The molecule has 2 aromatic heterocycles. The molecule has 0 atom stereocenters. The summed E-state index contributed by atoms with van der Waals surface area (Å²) in [7, 11) is 0. The number of allylic oxidation sites excluding steroid dienone is 2. The summed E-state index contributed by atoms with van der Waals surface area (Å²) in [4.78, 5) is 17.4. The van der Waals surface area contributed by atoms with Gasteiger partial charge in [0.05, 0.1) is 16.4 Å². The van der Waals surface area contributed by atoms with Crippen LogP contribution in [0.3, 0.4) is 0 Å². The fraction of sp³-hybridized carbons (Fsp3) is 0.130. The van der Waals surface area contributed by atoms with Gasteiger partial charge in [-0.2, -0.15) is 0 Å². The van der Waals surface area contributed by atoms with E-state index in [1.54, 1.807) is 34.9 Å². The van der Waals surface area contributed by atoms with E-state index >= 15 is 0 Å². The topological polar surface area (TPSA) is 84.8 Å². The zero-order valence-electron chi connectivity index (χ0n) is 16.6. The third-order valence-corrected chi connectivity index (χ3v) is 4.87. The SMILES string of the molecule is C=CCn1c(N=Nc2c(O)n(CC=C)c3ccc(C)cc23)nc2ccccc2c1=O. The van der Waals surface area contributed by atoms with Gasteiger partial charge in [-0.05, 0) is 31.2 Å². The highest BCUT2D eigenvalue weighted by Crippen LogP contribution is 2.39. The molecule has 30 heavy (non-hydrogen) atoms. The Kier molecular flexibility index (Phi) is 5.02. The summed E-state index contributed by atoms with van der Waals surface area (Å²) in [5, 5.41) is 20.6. The highest BCUT2D eigenvalue weighted by atomic mass is 16.3. The Morgan fingerprint density at radius 2 is 1.77 bits per heavy atom. The Morgan fingerprint density at radius 3 is 2.53 bits per heavy atom. The molecule has 0 saturated heterocycles. The van der Waals surface area contributed by atoms with Crippen LogP contribution in [0.5, 0.6) is 5.88 Å². The van der Waals surface area contributed by atoms with E-state index in [-0.39, 0.29) is 23.9 Å². The largest absolute Gasteiger partial charge is 0.493 e. The second-order valence-electron chi connectivity index (χ2n) is 6.93. The van der Waals surface area contributed by atoms with Crippen LogP contribution in [0.15, 0.2) is 82.8 Å². The predicted molar refractivity (Wildman–Crippen MR) is 119 cm³/mol. The standard InChI is InChI=1S/C23H21N5O2/c1-4-12-27-19-11-10-15(3)14-17(19)20(22(27)30)25-26-23-24-18-9-7-6-8-16(18)21(29)28(23)13-5-2/h4-11,14,30H,1-2,12-13H2,3H3. The number of fused-ring (bicyclic) bond motifs is 2. The number of benzene rings is 2. The monoisotopic (exact) mass is 399 g/mol. The average molecular weight is 399 g/mol. The van der Waals surface area contributed by atoms with Crippen molar-refractivity contribution in [3.8, 4) is 5.88 Å². The van der Waals surface area contributed by atoms with Gasteiger partial charge in [0.2, 0.25) is 5.88 Å². The van der Waals surface area contributed by atoms with Crippen molar-refractivity contribution in [2.45, 2.75) is 20.0 Å². The normalized spacial score (nSPS) is 11.5. The minimum absolute atomic E-state index is 0.0161. The van der Waals surface area contributed by atoms with Crippen molar-refractivity contribution in [2.24, 2.45) is 10.2 Å². The van der Waals surface area contributed by atoms with Crippen molar-refractivity contribution >= 4 is 33.4 Å². The molecule has 4 rings (SSSR count). The van der Waals surface area contributed by atoms with E-state index in [9.17, 15) is 9.90 Å². The summed E-state index contributed by atoms with van der Waals surface area (Å²) < 4.78 is 3.12. The zero-order chi connectivity index (χ0) is 21.3. The lowest BCUT2D eigenvalue weighted by molar-refractivity contribution is 0.431. The molecule has 0 aliphatic heterocycles. The maximum atomic E-state index is 12.9. The number of para-hydroxylation sites is 1. The first-order valence-electron chi connectivity index (χ1n) is 9.50. The quantitative estimate of drug-likeness (QED) is 0.359. The van der Waals surface area contributed by atoms with Crippen LogP contribution in [0.4, 0.5) is 11.6 Å². The van der Waals surface area contributed by atoms with Crippen LogP contribution in [-0.4, -0.2) is 19.2 Å². The molecule has 0 saturated carbocycles. The van der Waals surface area contributed by atoms with Crippen LogP contribution in [0.2, 0.25) is 0 Å². The highest BCUT2D eigenvalue weighted by molar-refractivity contribution is 5.95. The number of aromatic nitrogens is 3. The van der Waals surface area contributed by atoms with Crippen LogP contribution >= 0.6 is 0 Å².